The molecule has 30 heavy (non-hydrogen) atoms. The summed E-state index contributed by atoms with van der Waals surface area (Å²) in [6.45, 7) is 1.18. The first kappa shape index (κ1) is 26.5. The van der Waals surface area contributed by atoms with E-state index in [1.54, 1.807) is 36.2 Å². The number of rotatable bonds is 8. The first-order valence-electron chi connectivity index (χ1n) is 10.1. The average molecular weight is 550 g/mol. The van der Waals surface area contributed by atoms with Gasteiger partial charge in [0.15, 0.2) is 5.96 Å². The van der Waals surface area contributed by atoms with E-state index in [1.807, 2.05) is 14.1 Å². The first-order chi connectivity index (χ1) is 13.9. The topological polar surface area (TPSA) is 85.8 Å². The Hall–Kier alpha value is -1.55. The lowest BCUT2D eigenvalue weighted by Gasteiger charge is -2.31. The number of aliphatic imine (C=N–C) groups is 1. The van der Waals surface area contributed by atoms with Crippen molar-refractivity contribution in [2.45, 2.75) is 38.5 Å². The fourth-order valence-corrected chi connectivity index (χ4v) is 3.80. The third-order valence-electron chi connectivity index (χ3n) is 5.24. The SMILES string of the molecule is CN=C(NCCCC(=O)Nc1ccc(Cl)cc1)NCC1(C(=O)N(C)C)CCCC1.I. The summed E-state index contributed by atoms with van der Waals surface area (Å²) >= 11 is 5.84. The molecule has 1 saturated carbocycles. The van der Waals surface area contributed by atoms with Gasteiger partial charge in [0.1, 0.15) is 0 Å². The molecule has 0 aliphatic heterocycles. The van der Waals surface area contributed by atoms with Crippen LogP contribution in [0.2, 0.25) is 5.02 Å². The number of anilines is 1. The van der Waals surface area contributed by atoms with Gasteiger partial charge in [-0.2, -0.15) is 0 Å². The molecule has 1 aromatic rings. The van der Waals surface area contributed by atoms with Gasteiger partial charge < -0.3 is 20.9 Å². The van der Waals surface area contributed by atoms with Crippen molar-refractivity contribution < 1.29 is 9.59 Å². The second kappa shape index (κ2) is 13.0. The Morgan fingerprint density at radius 1 is 1.13 bits per heavy atom. The number of guanidine groups is 1. The molecule has 9 heteroatoms. The number of nitrogens with zero attached hydrogens (tertiary/aromatic N) is 2. The predicted molar refractivity (Wildman–Crippen MR) is 134 cm³/mol. The van der Waals surface area contributed by atoms with Crippen LogP contribution in [0, 0.1) is 5.41 Å². The van der Waals surface area contributed by atoms with Crippen LogP contribution in [0.1, 0.15) is 38.5 Å². The molecule has 3 N–H and O–H groups in total. The molecule has 2 rings (SSSR count). The summed E-state index contributed by atoms with van der Waals surface area (Å²) in [5.74, 6) is 0.788. The van der Waals surface area contributed by atoms with Crippen molar-refractivity contribution in [2.24, 2.45) is 10.4 Å². The van der Waals surface area contributed by atoms with Gasteiger partial charge in [0.25, 0.3) is 0 Å². The highest BCUT2D eigenvalue weighted by Gasteiger charge is 2.42. The summed E-state index contributed by atoms with van der Waals surface area (Å²) < 4.78 is 0. The monoisotopic (exact) mass is 549 g/mol. The molecular formula is C21H33ClIN5O2. The van der Waals surface area contributed by atoms with Gasteiger partial charge >= 0.3 is 0 Å². The van der Waals surface area contributed by atoms with Crippen LogP contribution in [-0.4, -0.2) is 56.9 Å². The Balaban J connectivity index is 0.00000450. The van der Waals surface area contributed by atoms with E-state index in [0.29, 0.717) is 36.9 Å². The van der Waals surface area contributed by atoms with Crippen LogP contribution in [0.3, 0.4) is 0 Å². The molecule has 0 heterocycles. The number of carbonyl (C=O) groups is 2. The van der Waals surface area contributed by atoms with Crippen molar-refractivity contribution in [3.05, 3.63) is 29.3 Å². The van der Waals surface area contributed by atoms with Crippen molar-refractivity contribution in [3.8, 4) is 0 Å². The zero-order valence-corrected chi connectivity index (χ0v) is 21.0. The lowest BCUT2D eigenvalue weighted by atomic mass is 9.84. The molecule has 1 aromatic carbocycles. The van der Waals surface area contributed by atoms with Gasteiger partial charge in [0.2, 0.25) is 11.8 Å². The van der Waals surface area contributed by atoms with E-state index < -0.39 is 0 Å². The molecule has 0 atom stereocenters. The maximum Gasteiger partial charge on any atom is 0.230 e. The Kier molecular flexibility index (Phi) is 11.5. The van der Waals surface area contributed by atoms with E-state index >= 15 is 0 Å². The number of benzene rings is 1. The molecule has 0 bridgehead atoms. The van der Waals surface area contributed by atoms with Crippen LogP contribution in [0.25, 0.3) is 0 Å². The summed E-state index contributed by atoms with van der Waals surface area (Å²) in [5.41, 5.74) is 0.386. The van der Waals surface area contributed by atoms with Crippen molar-refractivity contribution >= 4 is 59.0 Å². The van der Waals surface area contributed by atoms with E-state index in [0.717, 1.165) is 31.4 Å². The lowest BCUT2D eigenvalue weighted by molar-refractivity contribution is -0.138. The number of carbonyl (C=O) groups excluding carboxylic acids is 2. The Bertz CT molecular complexity index is 719. The number of hydrogen-bond donors (Lipinski definition) is 3. The zero-order chi connectivity index (χ0) is 21.3. The standard InChI is InChI=1S/C21H32ClN5O2.HI/c1-23-20(25-15-21(12-4-5-13-21)19(29)27(2)3)24-14-6-7-18(28)26-17-10-8-16(22)9-11-17;/h8-11H,4-7,12-15H2,1-3H3,(H,26,28)(H2,23,24,25);1H. The molecule has 1 aliphatic rings. The van der Waals surface area contributed by atoms with Gasteiger partial charge in [-0.15, -0.1) is 24.0 Å². The molecule has 2 amide bonds. The molecule has 0 aromatic heterocycles. The quantitative estimate of drug-likeness (QED) is 0.201. The van der Waals surface area contributed by atoms with Gasteiger partial charge in [0.05, 0.1) is 5.41 Å². The zero-order valence-electron chi connectivity index (χ0n) is 18.0. The van der Waals surface area contributed by atoms with E-state index in [-0.39, 0.29) is 41.2 Å². The molecule has 1 fully saturated rings. The maximum atomic E-state index is 12.6. The second-order valence-corrected chi connectivity index (χ2v) is 8.13. The van der Waals surface area contributed by atoms with Gasteiger partial charge in [-0.25, -0.2) is 0 Å². The molecule has 168 valence electrons. The van der Waals surface area contributed by atoms with Gasteiger partial charge in [-0.05, 0) is 43.5 Å². The lowest BCUT2D eigenvalue weighted by Crippen LogP contribution is -2.49. The first-order valence-corrected chi connectivity index (χ1v) is 10.5. The Labute approximate surface area is 201 Å². The van der Waals surface area contributed by atoms with Crippen molar-refractivity contribution in [1.29, 1.82) is 0 Å². The molecule has 0 saturated heterocycles. The molecule has 0 spiro atoms. The van der Waals surface area contributed by atoms with E-state index in [2.05, 4.69) is 20.9 Å². The van der Waals surface area contributed by atoms with Crippen LogP contribution in [-0.2, 0) is 9.59 Å². The Morgan fingerprint density at radius 3 is 2.33 bits per heavy atom. The van der Waals surface area contributed by atoms with Crippen molar-refractivity contribution in [2.75, 3.05) is 39.5 Å². The number of amides is 2. The van der Waals surface area contributed by atoms with Crippen LogP contribution in [0.4, 0.5) is 5.69 Å². The van der Waals surface area contributed by atoms with Crippen molar-refractivity contribution in [1.82, 2.24) is 15.5 Å². The highest BCUT2D eigenvalue weighted by Crippen LogP contribution is 2.38. The molecular weight excluding hydrogens is 517 g/mol. The predicted octanol–water partition coefficient (Wildman–Crippen LogP) is 3.49. The minimum absolute atomic E-state index is 0. The minimum atomic E-state index is -0.348. The van der Waals surface area contributed by atoms with E-state index in [9.17, 15) is 9.59 Å². The number of halogens is 2. The normalized spacial score (nSPS) is 15.1. The highest BCUT2D eigenvalue weighted by molar-refractivity contribution is 14.0. The van der Waals surface area contributed by atoms with Crippen LogP contribution in [0.5, 0.6) is 0 Å². The average Bonchev–Trinajstić information content (AvgIpc) is 3.18. The number of nitrogens with one attached hydrogen (secondary N) is 3. The van der Waals surface area contributed by atoms with Crippen molar-refractivity contribution in [3.63, 3.8) is 0 Å². The van der Waals surface area contributed by atoms with E-state index in [4.69, 9.17) is 11.6 Å². The smallest absolute Gasteiger partial charge is 0.230 e. The highest BCUT2D eigenvalue weighted by atomic mass is 127. The van der Waals surface area contributed by atoms with Gasteiger partial charge in [-0.3, -0.25) is 14.6 Å². The minimum Gasteiger partial charge on any atom is -0.356 e. The largest absolute Gasteiger partial charge is 0.356 e. The summed E-state index contributed by atoms with van der Waals surface area (Å²) in [4.78, 5) is 30.6. The van der Waals surface area contributed by atoms with Gasteiger partial charge in [-0.1, -0.05) is 24.4 Å². The number of hydrogen-bond acceptors (Lipinski definition) is 3. The summed E-state index contributed by atoms with van der Waals surface area (Å²) in [7, 11) is 5.33. The summed E-state index contributed by atoms with van der Waals surface area (Å²) in [5, 5.41) is 10.0. The summed E-state index contributed by atoms with van der Waals surface area (Å²) in [6, 6.07) is 7.04. The fraction of sp³-hybridized carbons (Fsp3) is 0.571. The summed E-state index contributed by atoms with van der Waals surface area (Å²) in [6.07, 6.45) is 5.03. The molecule has 0 unspecified atom stereocenters. The fourth-order valence-electron chi connectivity index (χ4n) is 3.68. The van der Waals surface area contributed by atoms with Crippen LogP contribution in [0.15, 0.2) is 29.3 Å². The third-order valence-corrected chi connectivity index (χ3v) is 5.49. The van der Waals surface area contributed by atoms with Crippen LogP contribution >= 0.6 is 35.6 Å². The third kappa shape index (κ3) is 7.94. The molecule has 1 aliphatic carbocycles. The maximum absolute atomic E-state index is 12.6. The van der Waals surface area contributed by atoms with E-state index in [1.165, 1.54) is 0 Å². The van der Waals surface area contributed by atoms with Gasteiger partial charge in [0, 0.05) is 51.4 Å². The molecule has 0 radical (unpaired) electrons. The Morgan fingerprint density at radius 2 is 1.77 bits per heavy atom. The second-order valence-electron chi connectivity index (χ2n) is 7.70. The van der Waals surface area contributed by atoms with Crippen LogP contribution < -0.4 is 16.0 Å². The molecule has 7 nitrogen and oxygen atoms in total.